The van der Waals surface area contributed by atoms with Gasteiger partial charge in [-0.3, -0.25) is 9.59 Å². The van der Waals surface area contributed by atoms with Gasteiger partial charge in [0.05, 0.1) is 5.57 Å². The van der Waals surface area contributed by atoms with Crippen LogP contribution in [0.4, 0.5) is 0 Å². The molecular weight excluding hydrogens is 256 g/mol. The van der Waals surface area contributed by atoms with Gasteiger partial charge in [0.1, 0.15) is 12.4 Å². The zero-order valence-corrected chi connectivity index (χ0v) is 11.7. The Morgan fingerprint density at radius 2 is 2.05 bits per heavy atom. The van der Waals surface area contributed by atoms with E-state index in [1.165, 1.54) is 4.90 Å². The Labute approximate surface area is 118 Å². The molecule has 0 aromatic heterocycles. The molecule has 0 saturated carbocycles. The van der Waals surface area contributed by atoms with Gasteiger partial charge in [0, 0.05) is 32.6 Å². The van der Waals surface area contributed by atoms with Gasteiger partial charge in [-0.25, -0.2) is 0 Å². The van der Waals surface area contributed by atoms with Crippen LogP contribution in [0, 0.1) is 0 Å². The van der Waals surface area contributed by atoms with Crippen molar-refractivity contribution in [3.63, 3.8) is 0 Å². The van der Waals surface area contributed by atoms with Gasteiger partial charge >= 0.3 is 0 Å². The van der Waals surface area contributed by atoms with E-state index >= 15 is 0 Å². The second-order valence-corrected chi connectivity index (χ2v) is 4.79. The number of rotatable bonds is 4. The van der Waals surface area contributed by atoms with Crippen LogP contribution in [0.15, 0.2) is 29.8 Å². The zero-order chi connectivity index (χ0) is 14.5. The lowest BCUT2D eigenvalue weighted by Gasteiger charge is -2.17. The third-order valence-electron chi connectivity index (χ3n) is 3.05. The van der Waals surface area contributed by atoms with Gasteiger partial charge in [-0.2, -0.15) is 0 Å². The second kappa shape index (κ2) is 6.23. The van der Waals surface area contributed by atoms with Crippen molar-refractivity contribution in [2.75, 3.05) is 27.2 Å². The normalized spacial score (nSPS) is 12.8. The predicted octanol–water partition coefficient (Wildman–Crippen LogP) is 1.06. The van der Waals surface area contributed by atoms with E-state index in [0.29, 0.717) is 18.5 Å². The zero-order valence-electron chi connectivity index (χ0n) is 11.7. The average Bonchev–Trinajstić information content (AvgIpc) is 2.46. The molecule has 1 aliphatic rings. The van der Waals surface area contributed by atoms with Crippen molar-refractivity contribution >= 4 is 17.9 Å². The third kappa shape index (κ3) is 3.38. The fourth-order valence-electron chi connectivity index (χ4n) is 1.87. The van der Waals surface area contributed by atoms with Gasteiger partial charge in [-0.05, 0) is 12.1 Å². The Morgan fingerprint density at radius 3 is 2.80 bits per heavy atom. The minimum atomic E-state index is -0.189. The Hall–Kier alpha value is -2.30. The summed E-state index contributed by atoms with van der Waals surface area (Å²) in [7, 11) is 3.39. The van der Waals surface area contributed by atoms with E-state index in [2.05, 4.69) is 5.32 Å². The first-order chi connectivity index (χ1) is 9.58. The Bertz CT molecular complexity index is 550. The monoisotopic (exact) mass is 274 g/mol. The summed E-state index contributed by atoms with van der Waals surface area (Å²) in [6.45, 7) is 0.583. The van der Waals surface area contributed by atoms with Crippen LogP contribution in [-0.2, 0) is 9.59 Å². The van der Waals surface area contributed by atoms with E-state index in [-0.39, 0.29) is 18.4 Å². The first-order valence-electron chi connectivity index (χ1n) is 6.48. The molecule has 20 heavy (non-hydrogen) atoms. The van der Waals surface area contributed by atoms with Crippen molar-refractivity contribution in [3.05, 3.63) is 35.4 Å². The minimum absolute atomic E-state index is 0.00970. The SMILES string of the molecule is CN(C)C(=O)CCNC(=O)C1=Cc2ccccc2OC1. The summed E-state index contributed by atoms with van der Waals surface area (Å²) in [6.07, 6.45) is 2.12. The predicted molar refractivity (Wildman–Crippen MR) is 76.2 cm³/mol. The molecule has 0 radical (unpaired) electrons. The van der Waals surface area contributed by atoms with Crippen LogP contribution >= 0.6 is 0 Å². The number of hydrogen-bond acceptors (Lipinski definition) is 3. The lowest BCUT2D eigenvalue weighted by atomic mass is 10.1. The van der Waals surface area contributed by atoms with Crippen molar-refractivity contribution in [1.82, 2.24) is 10.2 Å². The van der Waals surface area contributed by atoms with Crippen LogP contribution in [-0.4, -0.2) is 44.0 Å². The number of nitrogens with zero attached hydrogens (tertiary/aromatic N) is 1. The van der Waals surface area contributed by atoms with E-state index < -0.39 is 0 Å². The number of nitrogens with one attached hydrogen (secondary N) is 1. The van der Waals surface area contributed by atoms with E-state index in [1.807, 2.05) is 30.3 Å². The summed E-state index contributed by atoms with van der Waals surface area (Å²) in [5.74, 6) is 0.586. The van der Waals surface area contributed by atoms with Crippen molar-refractivity contribution in [3.8, 4) is 5.75 Å². The van der Waals surface area contributed by atoms with Gasteiger partial charge in [-0.1, -0.05) is 18.2 Å². The number of ether oxygens (including phenoxy) is 1. The summed E-state index contributed by atoms with van der Waals surface area (Å²) in [5.41, 5.74) is 1.47. The van der Waals surface area contributed by atoms with Crippen LogP contribution < -0.4 is 10.1 Å². The maximum absolute atomic E-state index is 12.0. The molecule has 5 heteroatoms. The van der Waals surface area contributed by atoms with Gasteiger partial charge < -0.3 is 15.0 Å². The van der Waals surface area contributed by atoms with E-state index in [0.717, 1.165) is 11.3 Å². The molecule has 1 aromatic carbocycles. The van der Waals surface area contributed by atoms with Gasteiger partial charge in [0.25, 0.3) is 5.91 Å². The molecule has 1 heterocycles. The van der Waals surface area contributed by atoms with E-state index in [4.69, 9.17) is 4.74 Å². The quantitative estimate of drug-likeness (QED) is 0.893. The Balaban J connectivity index is 1.91. The number of benzene rings is 1. The molecule has 0 unspecified atom stereocenters. The summed E-state index contributed by atoms with van der Waals surface area (Å²) >= 11 is 0. The molecule has 1 aromatic rings. The molecular formula is C15H18N2O3. The molecule has 1 aliphatic heterocycles. The molecule has 5 nitrogen and oxygen atoms in total. The largest absolute Gasteiger partial charge is 0.488 e. The number of carbonyl (C=O) groups is 2. The number of fused-ring (bicyclic) bond motifs is 1. The van der Waals surface area contributed by atoms with E-state index in [1.54, 1.807) is 14.1 Å². The molecule has 0 aliphatic carbocycles. The third-order valence-corrected chi connectivity index (χ3v) is 3.05. The topological polar surface area (TPSA) is 58.6 Å². The first kappa shape index (κ1) is 14.1. The van der Waals surface area contributed by atoms with Crippen LogP contribution in [0.25, 0.3) is 6.08 Å². The van der Waals surface area contributed by atoms with Crippen LogP contribution in [0.5, 0.6) is 5.75 Å². The molecule has 0 fully saturated rings. The van der Waals surface area contributed by atoms with Crippen molar-refractivity contribution < 1.29 is 14.3 Å². The summed E-state index contributed by atoms with van der Waals surface area (Å²) in [5, 5.41) is 2.73. The molecule has 2 amide bonds. The van der Waals surface area contributed by atoms with Crippen molar-refractivity contribution in [1.29, 1.82) is 0 Å². The van der Waals surface area contributed by atoms with Gasteiger partial charge in [0.2, 0.25) is 5.91 Å². The molecule has 0 bridgehead atoms. The highest BCUT2D eigenvalue weighted by molar-refractivity contribution is 5.99. The standard InChI is InChI=1S/C15H18N2O3/c1-17(2)14(18)7-8-16-15(19)12-9-11-5-3-4-6-13(11)20-10-12/h3-6,9H,7-8,10H2,1-2H3,(H,16,19). The minimum Gasteiger partial charge on any atom is -0.488 e. The molecule has 0 spiro atoms. The Morgan fingerprint density at radius 1 is 1.30 bits per heavy atom. The lowest BCUT2D eigenvalue weighted by Crippen LogP contribution is -2.32. The summed E-state index contributed by atoms with van der Waals surface area (Å²) < 4.78 is 5.52. The number of amides is 2. The average molecular weight is 274 g/mol. The van der Waals surface area contributed by atoms with Crippen LogP contribution in [0.2, 0.25) is 0 Å². The maximum atomic E-state index is 12.0. The molecule has 0 atom stereocenters. The van der Waals surface area contributed by atoms with E-state index in [9.17, 15) is 9.59 Å². The highest BCUT2D eigenvalue weighted by Gasteiger charge is 2.16. The lowest BCUT2D eigenvalue weighted by molar-refractivity contribution is -0.128. The molecule has 1 N–H and O–H groups in total. The Kier molecular flexibility index (Phi) is 4.40. The number of para-hydroxylation sites is 1. The first-order valence-corrected chi connectivity index (χ1v) is 6.48. The highest BCUT2D eigenvalue weighted by Crippen LogP contribution is 2.25. The summed E-state index contributed by atoms with van der Waals surface area (Å²) in [4.78, 5) is 24.9. The smallest absolute Gasteiger partial charge is 0.250 e. The van der Waals surface area contributed by atoms with Crippen molar-refractivity contribution in [2.24, 2.45) is 0 Å². The van der Waals surface area contributed by atoms with Crippen molar-refractivity contribution in [2.45, 2.75) is 6.42 Å². The maximum Gasteiger partial charge on any atom is 0.250 e. The van der Waals surface area contributed by atoms with Gasteiger partial charge in [0.15, 0.2) is 0 Å². The van der Waals surface area contributed by atoms with Crippen LogP contribution in [0.3, 0.4) is 0 Å². The number of carbonyl (C=O) groups excluding carboxylic acids is 2. The highest BCUT2D eigenvalue weighted by atomic mass is 16.5. The molecule has 2 rings (SSSR count). The number of hydrogen-bond donors (Lipinski definition) is 1. The van der Waals surface area contributed by atoms with Gasteiger partial charge in [-0.15, -0.1) is 0 Å². The summed E-state index contributed by atoms with van der Waals surface area (Å²) in [6, 6.07) is 7.56. The fraction of sp³-hybridized carbons (Fsp3) is 0.333. The molecule has 0 saturated heterocycles. The fourth-order valence-corrected chi connectivity index (χ4v) is 1.87. The second-order valence-electron chi connectivity index (χ2n) is 4.79. The van der Waals surface area contributed by atoms with Crippen LogP contribution in [0.1, 0.15) is 12.0 Å². The molecule has 106 valence electrons.